The number of carbonyl (C=O) groups is 1. The smallest absolute Gasteiger partial charge is 0.265 e. The van der Waals surface area contributed by atoms with E-state index < -0.39 is 6.10 Å². The Morgan fingerprint density at radius 2 is 1.45 bits per heavy atom. The summed E-state index contributed by atoms with van der Waals surface area (Å²) in [7, 11) is 0. The van der Waals surface area contributed by atoms with Gasteiger partial charge in [-0.2, -0.15) is 0 Å². The van der Waals surface area contributed by atoms with Crippen molar-refractivity contribution in [1.29, 1.82) is 0 Å². The molecular formula is C23H22ClNO4. The van der Waals surface area contributed by atoms with Gasteiger partial charge in [0.1, 0.15) is 30.5 Å². The van der Waals surface area contributed by atoms with E-state index in [1.165, 1.54) is 0 Å². The van der Waals surface area contributed by atoms with Gasteiger partial charge in [0.2, 0.25) is 0 Å². The Balaban J connectivity index is 1.43. The van der Waals surface area contributed by atoms with Crippen molar-refractivity contribution in [2.75, 3.05) is 18.5 Å². The highest BCUT2D eigenvalue weighted by atomic mass is 35.5. The molecule has 3 rings (SSSR count). The first-order valence-corrected chi connectivity index (χ1v) is 9.62. The molecule has 3 aromatic rings. The molecule has 1 amide bonds. The van der Waals surface area contributed by atoms with E-state index >= 15 is 0 Å². The fourth-order valence-corrected chi connectivity index (χ4v) is 2.68. The molecule has 1 atom stereocenters. The topological polar surface area (TPSA) is 56.8 Å². The van der Waals surface area contributed by atoms with Gasteiger partial charge in [-0.25, -0.2) is 0 Å². The van der Waals surface area contributed by atoms with Gasteiger partial charge < -0.3 is 19.5 Å². The Morgan fingerprint density at radius 1 is 0.862 bits per heavy atom. The summed E-state index contributed by atoms with van der Waals surface area (Å²) in [5.41, 5.74) is 0.650. The fourth-order valence-electron chi connectivity index (χ4n) is 2.50. The number of carbonyl (C=O) groups excluding carboxylic acids is 1. The van der Waals surface area contributed by atoms with Gasteiger partial charge in [0.05, 0.1) is 5.02 Å². The lowest BCUT2D eigenvalue weighted by Crippen LogP contribution is -2.30. The van der Waals surface area contributed by atoms with E-state index in [1.54, 1.807) is 55.5 Å². The van der Waals surface area contributed by atoms with Gasteiger partial charge in [-0.3, -0.25) is 4.79 Å². The largest absolute Gasteiger partial charge is 0.490 e. The molecule has 150 valence electrons. The van der Waals surface area contributed by atoms with Crippen molar-refractivity contribution >= 4 is 23.2 Å². The number of nitrogens with one attached hydrogen (secondary N) is 1. The maximum atomic E-state index is 12.3. The molecule has 0 saturated heterocycles. The van der Waals surface area contributed by atoms with Crippen LogP contribution in [0.3, 0.4) is 0 Å². The fraction of sp³-hybridized carbons (Fsp3) is 0.174. The highest BCUT2D eigenvalue weighted by molar-refractivity contribution is 6.32. The molecule has 0 radical (unpaired) electrons. The number of anilines is 1. The predicted molar refractivity (Wildman–Crippen MR) is 114 cm³/mol. The van der Waals surface area contributed by atoms with Gasteiger partial charge >= 0.3 is 0 Å². The summed E-state index contributed by atoms with van der Waals surface area (Å²) in [5, 5.41) is 3.27. The zero-order valence-electron chi connectivity index (χ0n) is 16.0. The average molecular weight is 412 g/mol. The van der Waals surface area contributed by atoms with Gasteiger partial charge in [0, 0.05) is 5.69 Å². The molecule has 0 saturated carbocycles. The Morgan fingerprint density at radius 3 is 2.10 bits per heavy atom. The predicted octanol–water partition coefficient (Wildman–Crippen LogP) is 5.20. The van der Waals surface area contributed by atoms with Crippen LogP contribution in [-0.4, -0.2) is 25.2 Å². The molecule has 0 fully saturated rings. The lowest BCUT2D eigenvalue weighted by molar-refractivity contribution is -0.122. The number of rotatable bonds is 9. The second kappa shape index (κ2) is 10.4. The summed E-state index contributed by atoms with van der Waals surface area (Å²) in [5.74, 6) is 1.70. The molecule has 3 aromatic carbocycles. The number of amides is 1. The van der Waals surface area contributed by atoms with Gasteiger partial charge in [-0.1, -0.05) is 41.9 Å². The lowest BCUT2D eigenvalue weighted by atomic mass is 10.2. The van der Waals surface area contributed by atoms with Crippen LogP contribution in [0.1, 0.15) is 6.92 Å². The molecule has 0 heterocycles. The van der Waals surface area contributed by atoms with Crippen molar-refractivity contribution in [2.45, 2.75) is 13.0 Å². The van der Waals surface area contributed by atoms with Crippen LogP contribution in [0, 0.1) is 0 Å². The van der Waals surface area contributed by atoms with E-state index in [0.717, 1.165) is 5.75 Å². The standard InChI is InChI=1S/C23H22ClNO4/c1-17(29-22-10-6-5-9-21(22)24)23(26)25-18-11-13-20(14-12-18)28-16-15-27-19-7-3-2-4-8-19/h2-14,17H,15-16H2,1H3,(H,25,26). The minimum absolute atomic E-state index is 0.269. The Labute approximate surface area is 175 Å². The van der Waals surface area contributed by atoms with Crippen LogP contribution in [0.4, 0.5) is 5.69 Å². The van der Waals surface area contributed by atoms with E-state index in [4.69, 9.17) is 25.8 Å². The second-order valence-corrected chi connectivity index (χ2v) is 6.62. The molecule has 0 aliphatic rings. The van der Waals surface area contributed by atoms with Crippen LogP contribution >= 0.6 is 11.6 Å². The van der Waals surface area contributed by atoms with Crippen LogP contribution < -0.4 is 19.5 Å². The zero-order chi connectivity index (χ0) is 20.5. The third-order valence-electron chi connectivity index (χ3n) is 4.00. The van der Waals surface area contributed by atoms with Crippen LogP contribution in [-0.2, 0) is 4.79 Å². The first-order chi connectivity index (χ1) is 14.1. The van der Waals surface area contributed by atoms with Crippen molar-refractivity contribution < 1.29 is 19.0 Å². The molecule has 29 heavy (non-hydrogen) atoms. The molecule has 0 aliphatic carbocycles. The van der Waals surface area contributed by atoms with Crippen LogP contribution in [0.2, 0.25) is 5.02 Å². The minimum atomic E-state index is -0.694. The maximum absolute atomic E-state index is 12.3. The lowest BCUT2D eigenvalue weighted by Gasteiger charge is -2.15. The molecular weight excluding hydrogens is 390 g/mol. The van der Waals surface area contributed by atoms with E-state index in [0.29, 0.717) is 35.4 Å². The number of hydrogen-bond donors (Lipinski definition) is 1. The molecule has 0 aromatic heterocycles. The van der Waals surface area contributed by atoms with Crippen molar-refractivity contribution in [3.8, 4) is 17.2 Å². The molecule has 5 nitrogen and oxygen atoms in total. The zero-order valence-corrected chi connectivity index (χ0v) is 16.8. The quantitative estimate of drug-likeness (QED) is 0.491. The van der Waals surface area contributed by atoms with Crippen molar-refractivity contribution in [2.24, 2.45) is 0 Å². The SMILES string of the molecule is CC(Oc1ccccc1Cl)C(=O)Nc1ccc(OCCOc2ccccc2)cc1. The normalized spacial score (nSPS) is 11.4. The Hall–Kier alpha value is -3.18. The molecule has 0 bridgehead atoms. The Kier molecular flexibility index (Phi) is 7.36. The van der Waals surface area contributed by atoms with Gasteiger partial charge in [-0.15, -0.1) is 0 Å². The van der Waals surface area contributed by atoms with Crippen molar-refractivity contribution in [3.05, 3.63) is 83.9 Å². The first-order valence-electron chi connectivity index (χ1n) is 9.24. The third kappa shape index (κ3) is 6.43. The van der Waals surface area contributed by atoms with Crippen molar-refractivity contribution in [3.63, 3.8) is 0 Å². The highest BCUT2D eigenvalue weighted by Crippen LogP contribution is 2.24. The molecule has 0 aliphatic heterocycles. The van der Waals surface area contributed by atoms with Crippen LogP contribution in [0.5, 0.6) is 17.2 Å². The molecule has 1 unspecified atom stereocenters. The number of halogens is 1. The number of para-hydroxylation sites is 2. The summed E-state index contributed by atoms with van der Waals surface area (Å²) in [4.78, 5) is 12.3. The van der Waals surface area contributed by atoms with E-state index in [-0.39, 0.29) is 5.91 Å². The molecule has 1 N–H and O–H groups in total. The third-order valence-corrected chi connectivity index (χ3v) is 4.31. The van der Waals surface area contributed by atoms with Gasteiger partial charge in [0.25, 0.3) is 5.91 Å². The van der Waals surface area contributed by atoms with Gasteiger partial charge in [0.15, 0.2) is 6.10 Å². The molecule has 6 heteroatoms. The maximum Gasteiger partial charge on any atom is 0.265 e. The number of benzene rings is 3. The summed E-state index contributed by atoms with van der Waals surface area (Å²) in [6, 6.07) is 23.7. The summed E-state index contributed by atoms with van der Waals surface area (Å²) >= 11 is 6.06. The summed E-state index contributed by atoms with van der Waals surface area (Å²) in [6.07, 6.45) is -0.694. The van der Waals surface area contributed by atoms with Crippen molar-refractivity contribution in [1.82, 2.24) is 0 Å². The van der Waals surface area contributed by atoms with E-state index in [9.17, 15) is 4.79 Å². The second-order valence-electron chi connectivity index (χ2n) is 6.21. The van der Waals surface area contributed by atoms with E-state index in [2.05, 4.69) is 5.32 Å². The average Bonchev–Trinajstić information content (AvgIpc) is 2.74. The number of ether oxygens (including phenoxy) is 3. The number of hydrogen-bond acceptors (Lipinski definition) is 4. The van der Waals surface area contributed by atoms with Crippen LogP contribution in [0.15, 0.2) is 78.9 Å². The Bertz CT molecular complexity index is 916. The molecule has 0 spiro atoms. The van der Waals surface area contributed by atoms with E-state index in [1.807, 2.05) is 30.3 Å². The monoisotopic (exact) mass is 411 g/mol. The summed E-state index contributed by atoms with van der Waals surface area (Å²) < 4.78 is 16.9. The minimum Gasteiger partial charge on any atom is -0.490 e. The van der Waals surface area contributed by atoms with Gasteiger partial charge in [-0.05, 0) is 55.5 Å². The highest BCUT2D eigenvalue weighted by Gasteiger charge is 2.16. The first kappa shape index (κ1) is 20.6. The van der Waals surface area contributed by atoms with Crippen LogP contribution in [0.25, 0.3) is 0 Å². The summed E-state index contributed by atoms with van der Waals surface area (Å²) in [6.45, 7) is 2.53.